The van der Waals surface area contributed by atoms with Crippen molar-refractivity contribution < 1.29 is 8.78 Å². The minimum absolute atomic E-state index is 0.205. The van der Waals surface area contributed by atoms with Crippen LogP contribution in [0.4, 0.5) is 8.78 Å². The topological polar surface area (TPSA) is 22.0 Å². The van der Waals surface area contributed by atoms with Crippen LogP contribution in [0.5, 0.6) is 0 Å². The lowest BCUT2D eigenvalue weighted by Gasteiger charge is -2.06. The predicted octanol–water partition coefficient (Wildman–Crippen LogP) is 2.13. The maximum Gasteiger partial charge on any atom is 0.192 e. The summed E-state index contributed by atoms with van der Waals surface area (Å²) in [7, 11) is 1.69. The number of fused-ring (bicyclic) bond motifs is 1. The molecular formula is C11H9F2NO. The van der Waals surface area contributed by atoms with E-state index in [1.807, 2.05) is 0 Å². The molecule has 0 amide bonds. The van der Waals surface area contributed by atoms with Crippen molar-refractivity contribution >= 4 is 10.9 Å². The second-order valence-electron chi connectivity index (χ2n) is 3.54. The van der Waals surface area contributed by atoms with Crippen molar-refractivity contribution in [3.8, 4) is 0 Å². The van der Waals surface area contributed by atoms with E-state index < -0.39 is 11.6 Å². The minimum Gasteiger partial charge on any atom is -0.350 e. The lowest BCUT2D eigenvalue weighted by molar-refractivity contribution is 0.510. The van der Waals surface area contributed by atoms with Crippen LogP contribution < -0.4 is 5.43 Å². The van der Waals surface area contributed by atoms with Crippen molar-refractivity contribution in [3.05, 3.63) is 45.8 Å². The fourth-order valence-corrected chi connectivity index (χ4v) is 1.64. The Bertz CT molecular complexity index is 602. The quantitative estimate of drug-likeness (QED) is 0.651. The van der Waals surface area contributed by atoms with Crippen molar-refractivity contribution in [1.82, 2.24) is 4.57 Å². The number of halogens is 2. The monoisotopic (exact) mass is 209 g/mol. The van der Waals surface area contributed by atoms with Crippen LogP contribution in [0.15, 0.2) is 23.1 Å². The fourth-order valence-electron chi connectivity index (χ4n) is 1.64. The Labute approximate surface area is 84.8 Å². The first kappa shape index (κ1) is 9.83. The molecule has 2 nitrogen and oxygen atoms in total. The number of aryl methyl sites for hydroxylation is 2. The normalized spacial score (nSPS) is 10.9. The number of hydrogen-bond donors (Lipinski definition) is 0. The van der Waals surface area contributed by atoms with Gasteiger partial charge < -0.3 is 4.57 Å². The van der Waals surface area contributed by atoms with Gasteiger partial charge >= 0.3 is 0 Å². The number of nitrogens with zero attached hydrogens (tertiary/aromatic N) is 1. The third-order valence-electron chi connectivity index (χ3n) is 2.41. The smallest absolute Gasteiger partial charge is 0.192 e. The maximum atomic E-state index is 13.0. The van der Waals surface area contributed by atoms with E-state index in [0.29, 0.717) is 11.1 Å². The Morgan fingerprint density at radius 1 is 1.20 bits per heavy atom. The van der Waals surface area contributed by atoms with Gasteiger partial charge in [-0.15, -0.1) is 0 Å². The molecule has 15 heavy (non-hydrogen) atoms. The standard InChI is InChI=1S/C11H9F2NO/c1-6-5-14(2)10-4-9(13)8(12)3-7(10)11(6)15/h3-5H,1-2H3. The molecule has 2 aromatic rings. The highest BCUT2D eigenvalue weighted by atomic mass is 19.2. The van der Waals surface area contributed by atoms with Crippen LogP contribution >= 0.6 is 0 Å². The molecule has 0 aliphatic rings. The van der Waals surface area contributed by atoms with Gasteiger partial charge in [-0.1, -0.05) is 0 Å². The summed E-state index contributed by atoms with van der Waals surface area (Å²) in [6.45, 7) is 1.64. The fraction of sp³-hybridized carbons (Fsp3) is 0.182. The lowest BCUT2D eigenvalue weighted by Crippen LogP contribution is -2.11. The SMILES string of the molecule is Cc1cn(C)c2cc(F)c(F)cc2c1=O. The summed E-state index contributed by atoms with van der Waals surface area (Å²) < 4.78 is 27.5. The molecule has 0 fully saturated rings. The third-order valence-corrected chi connectivity index (χ3v) is 2.41. The molecule has 2 rings (SSSR count). The summed E-state index contributed by atoms with van der Waals surface area (Å²) in [6, 6.07) is 1.98. The van der Waals surface area contributed by atoms with Gasteiger partial charge in [-0.05, 0) is 13.0 Å². The van der Waals surface area contributed by atoms with Crippen LogP contribution in [0.25, 0.3) is 10.9 Å². The molecule has 1 aromatic carbocycles. The average Bonchev–Trinajstić information content (AvgIpc) is 2.18. The number of aromatic nitrogens is 1. The second kappa shape index (κ2) is 3.15. The van der Waals surface area contributed by atoms with Crippen LogP contribution in [0.3, 0.4) is 0 Å². The lowest BCUT2D eigenvalue weighted by atomic mass is 10.1. The summed E-state index contributed by atoms with van der Waals surface area (Å²) in [6.07, 6.45) is 1.60. The Hall–Kier alpha value is -1.71. The highest BCUT2D eigenvalue weighted by Crippen LogP contribution is 2.15. The van der Waals surface area contributed by atoms with Gasteiger partial charge in [0.25, 0.3) is 0 Å². The first-order valence-corrected chi connectivity index (χ1v) is 4.45. The Morgan fingerprint density at radius 2 is 1.80 bits per heavy atom. The van der Waals surface area contributed by atoms with Gasteiger partial charge in [-0.2, -0.15) is 0 Å². The Balaban J connectivity index is 3.04. The highest BCUT2D eigenvalue weighted by molar-refractivity contribution is 5.79. The molecule has 0 aliphatic carbocycles. The van der Waals surface area contributed by atoms with E-state index >= 15 is 0 Å². The van der Waals surface area contributed by atoms with E-state index in [2.05, 4.69) is 0 Å². The zero-order chi connectivity index (χ0) is 11.2. The summed E-state index contributed by atoms with van der Waals surface area (Å²) in [5, 5.41) is 0.205. The summed E-state index contributed by atoms with van der Waals surface area (Å²) in [5.41, 5.74) is 0.641. The van der Waals surface area contributed by atoms with Crippen molar-refractivity contribution in [1.29, 1.82) is 0 Å². The van der Waals surface area contributed by atoms with E-state index in [1.165, 1.54) is 0 Å². The van der Waals surface area contributed by atoms with Crippen LogP contribution in [0, 0.1) is 18.6 Å². The number of hydrogen-bond acceptors (Lipinski definition) is 1. The third kappa shape index (κ3) is 1.42. The van der Waals surface area contributed by atoms with Crippen LogP contribution in [0.1, 0.15) is 5.56 Å². The number of benzene rings is 1. The molecular weight excluding hydrogens is 200 g/mol. The molecule has 0 spiro atoms. The molecule has 0 bridgehead atoms. The van der Waals surface area contributed by atoms with E-state index in [1.54, 1.807) is 24.7 Å². The molecule has 0 aliphatic heterocycles. The van der Waals surface area contributed by atoms with Gasteiger partial charge in [0.05, 0.1) is 5.52 Å². The van der Waals surface area contributed by atoms with Crippen LogP contribution in [-0.2, 0) is 7.05 Å². The first-order valence-electron chi connectivity index (χ1n) is 4.45. The largest absolute Gasteiger partial charge is 0.350 e. The molecule has 0 saturated heterocycles. The minimum atomic E-state index is -0.995. The zero-order valence-corrected chi connectivity index (χ0v) is 8.34. The molecule has 1 aromatic heterocycles. The van der Waals surface area contributed by atoms with Gasteiger partial charge in [-0.3, -0.25) is 4.79 Å². The van der Waals surface area contributed by atoms with Crippen LogP contribution in [-0.4, -0.2) is 4.57 Å². The van der Waals surface area contributed by atoms with Gasteiger partial charge in [0.1, 0.15) is 0 Å². The van der Waals surface area contributed by atoms with Gasteiger partial charge in [0, 0.05) is 30.3 Å². The molecule has 1 heterocycles. The van der Waals surface area contributed by atoms with Crippen LogP contribution in [0.2, 0.25) is 0 Å². The van der Waals surface area contributed by atoms with Gasteiger partial charge in [0.15, 0.2) is 17.1 Å². The second-order valence-corrected chi connectivity index (χ2v) is 3.54. The van der Waals surface area contributed by atoms with E-state index in [-0.39, 0.29) is 10.8 Å². The van der Waals surface area contributed by atoms with Gasteiger partial charge in [-0.25, -0.2) is 8.78 Å². The van der Waals surface area contributed by atoms with Gasteiger partial charge in [0.2, 0.25) is 0 Å². The maximum absolute atomic E-state index is 13.0. The van der Waals surface area contributed by atoms with Crippen molar-refractivity contribution in [3.63, 3.8) is 0 Å². The molecule has 0 unspecified atom stereocenters. The highest BCUT2D eigenvalue weighted by Gasteiger charge is 2.09. The molecule has 4 heteroatoms. The molecule has 0 radical (unpaired) electrons. The number of rotatable bonds is 0. The first-order chi connectivity index (χ1) is 7.00. The van der Waals surface area contributed by atoms with Crippen molar-refractivity contribution in [2.75, 3.05) is 0 Å². The predicted molar refractivity (Wildman–Crippen MR) is 53.8 cm³/mol. The molecule has 0 N–H and O–H groups in total. The van der Waals surface area contributed by atoms with E-state index in [4.69, 9.17) is 0 Å². The summed E-state index contributed by atoms with van der Waals surface area (Å²) >= 11 is 0. The number of pyridine rings is 1. The molecule has 0 atom stereocenters. The molecule has 0 saturated carbocycles. The van der Waals surface area contributed by atoms with E-state index in [0.717, 1.165) is 12.1 Å². The summed E-state index contributed by atoms with van der Waals surface area (Å²) in [5.74, 6) is -1.94. The Kier molecular flexibility index (Phi) is 2.07. The van der Waals surface area contributed by atoms with Crippen molar-refractivity contribution in [2.45, 2.75) is 6.92 Å². The Morgan fingerprint density at radius 3 is 2.47 bits per heavy atom. The zero-order valence-electron chi connectivity index (χ0n) is 8.34. The van der Waals surface area contributed by atoms with E-state index in [9.17, 15) is 13.6 Å². The molecule has 78 valence electrons. The summed E-state index contributed by atoms with van der Waals surface area (Å²) in [4.78, 5) is 11.6. The average molecular weight is 209 g/mol. The van der Waals surface area contributed by atoms with Crippen molar-refractivity contribution in [2.24, 2.45) is 7.05 Å².